The van der Waals surface area contributed by atoms with Crippen molar-refractivity contribution in [2.45, 2.75) is 46.6 Å². The largest absolute Gasteiger partial charge is 0.444 e. The van der Waals surface area contributed by atoms with Crippen LogP contribution in [0, 0.1) is 0 Å². The maximum atomic E-state index is 11.9. The summed E-state index contributed by atoms with van der Waals surface area (Å²) in [6.07, 6.45) is 0.341. The van der Waals surface area contributed by atoms with Gasteiger partial charge in [-0.3, -0.25) is 5.32 Å². The first-order valence-electron chi connectivity index (χ1n) is 6.73. The summed E-state index contributed by atoms with van der Waals surface area (Å²) < 4.78 is 5.28. The van der Waals surface area contributed by atoms with Crippen molar-refractivity contribution < 1.29 is 9.53 Å². The average Bonchev–Trinajstić information content (AvgIpc) is 2.69. The monoisotopic (exact) mass is 274 g/mol. The standard InChI is InChI=1S/C15H20N3O2/c1-6-10-11(16-14(19)20-15(3,4)5)7-8-12-13(10)9(2)17-18-12/h7-8H,6H2,1-5H3,(H,16,19). The molecule has 107 valence electrons. The molecular formula is C15H20N3O2. The number of ether oxygens (including phenoxy) is 1. The molecule has 20 heavy (non-hydrogen) atoms. The van der Waals surface area contributed by atoms with Crippen LogP contribution in [0.5, 0.6) is 0 Å². The maximum Gasteiger partial charge on any atom is 0.412 e. The summed E-state index contributed by atoms with van der Waals surface area (Å²) in [7, 11) is 0. The molecule has 1 aliphatic rings. The second kappa shape index (κ2) is 5.15. The molecule has 1 aromatic carbocycles. The number of hydrogen-bond acceptors (Lipinski definition) is 3. The minimum atomic E-state index is -0.514. The Bertz CT molecular complexity index is 657. The van der Waals surface area contributed by atoms with Gasteiger partial charge in [0.25, 0.3) is 0 Å². The first kappa shape index (κ1) is 14.4. The van der Waals surface area contributed by atoms with E-state index >= 15 is 0 Å². The van der Waals surface area contributed by atoms with Crippen LogP contribution in [0.4, 0.5) is 10.5 Å². The second-order valence-electron chi connectivity index (χ2n) is 5.75. The predicted octanol–water partition coefficient (Wildman–Crippen LogP) is 1.88. The highest BCUT2D eigenvalue weighted by Crippen LogP contribution is 2.15. The van der Waals surface area contributed by atoms with Gasteiger partial charge in [-0.1, -0.05) is 6.92 Å². The topological polar surface area (TPSA) is 64.8 Å². The molecule has 5 nitrogen and oxygen atoms in total. The Hall–Kier alpha value is -2.04. The zero-order valence-corrected chi connectivity index (χ0v) is 12.6. The maximum absolute atomic E-state index is 11.9. The van der Waals surface area contributed by atoms with E-state index < -0.39 is 11.7 Å². The molecular weight excluding hydrogens is 254 g/mol. The molecule has 1 heterocycles. The molecule has 0 atom stereocenters. The van der Waals surface area contributed by atoms with Crippen molar-refractivity contribution in [1.82, 2.24) is 5.43 Å². The van der Waals surface area contributed by atoms with Gasteiger partial charge in [0.1, 0.15) is 5.60 Å². The second-order valence-corrected chi connectivity index (χ2v) is 5.75. The molecule has 0 spiro atoms. The van der Waals surface area contributed by atoms with Crippen molar-refractivity contribution in [2.75, 3.05) is 5.32 Å². The summed E-state index contributed by atoms with van der Waals surface area (Å²) >= 11 is 0. The Morgan fingerprint density at radius 3 is 2.65 bits per heavy atom. The van der Waals surface area contributed by atoms with Crippen molar-refractivity contribution >= 4 is 17.5 Å². The molecule has 2 rings (SSSR count). The first-order chi connectivity index (χ1) is 9.31. The zero-order valence-electron chi connectivity index (χ0n) is 12.6. The minimum absolute atomic E-state index is 0.448. The smallest absolute Gasteiger partial charge is 0.412 e. The Labute approximate surface area is 118 Å². The van der Waals surface area contributed by atoms with E-state index in [9.17, 15) is 4.79 Å². The first-order valence-corrected chi connectivity index (χ1v) is 6.73. The summed E-state index contributed by atoms with van der Waals surface area (Å²) in [6, 6.07) is 3.71. The number of fused-ring (bicyclic) bond motifs is 1. The Balaban J connectivity index is 2.36. The van der Waals surface area contributed by atoms with Gasteiger partial charge in [0, 0.05) is 10.9 Å². The molecule has 0 bridgehead atoms. The fraction of sp³-hybridized carbons (Fsp3) is 0.467. The van der Waals surface area contributed by atoms with E-state index in [1.807, 2.05) is 46.8 Å². The van der Waals surface area contributed by atoms with Gasteiger partial charge in [-0.05, 0) is 51.8 Å². The number of hydrogen-bond donors (Lipinski definition) is 1. The summed E-state index contributed by atoms with van der Waals surface area (Å²) in [5, 5.41) is 8.79. The van der Waals surface area contributed by atoms with Crippen LogP contribution in [0.1, 0.15) is 40.2 Å². The van der Waals surface area contributed by atoms with Gasteiger partial charge >= 0.3 is 6.09 Å². The summed E-state index contributed by atoms with van der Waals surface area (Å²) in [6.45, 7) is 9.48. The minimum Gasteiger partial charge on any atom is -0.444 e. The van der Waals surface area contributed by atoms with Gasteiger partial charge in [-0.15, -0.1) is 0 Å². The number of carbonyl (C=O) groups excluding carboxylic acids is 1. The number of benzene rings is 1. The van der Waals surface area contributed by atoms with Crippen molar-refractivity contribution in [3.63, 3.8) is 0 Å². The van der Waals surface area contributed by atoms with Crippen molar-refractivity contribution in [2.24, 2.45) is 5.10 Å². The number of anilines is 1. The van der Waals surface area contributed by atoms with Crippen LogP contribution in [0.15, 0.2) is 17.2 Å². The molecule has 0 unspecified atom stereocenters. The Kier molecular flexibility index (Phi) is 3.70. The molecule has 1 aliphatic heterocycles. The van der Waals surface area contributed by atoms with Crippen molar-refractivity contribution in [3.8, 4) is 0 Å². The van der Waals surface area contributed by atoms with E-state index in [2.05, 4.69) is 15.8 Å². The summed E-state index contributed by atoms with van der Waals surface area (Å²) in [5.74, 6) is 0. The SMILES string of the molecule is CCc1c(NC(=O)OC(C)(C)C)ccc2c1=C(C)[N]N=2. The lowest BCUT2D eigenvalue weighted by atomic mass is 10.1. The van der Waals surface area contributed by atoms with Gasteiger partial charge in [-0.2, -0.15) is 10.5 Å². The zero-order chi connectivity index (χ0) is 14.9. The fourth-order valence-electron chi connectivity index (χ4n) is 2.20. The van der Waals surface area contributed by atoms with Crippen molar-refractivity contribution in [3.05, 3.63) is 28.3 Å². The van der Waals surface area contributed by atoms with E-state index in [4.69, 9.17) is 4.74 Å². The van der Waals surface area contributed by atoms with E-state index in [-0.39, 0.29) is 0 Å². The highest BCUT2D eigenvalue weighted by Gasteiger charge is 2.18. The number of nitrogens with one attached hydrogen (secondary N) is 1. The summed E-state index contributed by atoms with van der Waals surface area (Å²) in [4.78, 5) is 11.9. The number of amides is 1. The van der Waals surface area contributed by atoms with Crippen LogP contribution in [-0.4, -0.2) is 11.7 Å². The van der Waals surface area contributed by atoms with Gasteiger partial charge in [0.2, 0.25) is 0 Å². The quantitative estimate of drug-likeness (QED) is 0.894. The third-order valence-electron chi connectivity index (χ3n) is 2.95. The van der Waals surface area contributed by atoms with Crippen molar-refractivity contribution in [1.29, 1.82) is 0 Å². The van der Waals surface area contributed by atoms with Crippen LogP contribution >= 0.6 is 0 Å². The summed E-state index contributed by atoms with van der Waals surface area (Å²) in [5.41, 5.74) is 6.25. The molecule has 1 N–H and O–H groups in total. The van der Waals surface area contributed by atoms with Crippen LogP contribution in [0.3, 0.4) is 0 Å². The predicted molar refractivity (Wildman–Crippen MR) is 77.7 cm³/mol. The van der Waals surface area contributed by atoms with E-state index in [1.165, 1.54) is 0 Å². The normalized spacial score (nSPS) is 13.3. The van der Waals surface area contributed by atoms with Crippen LogP contribution < -0.4 is 21.3 Å². The lowest BCUT2D eigenvalue weighted by molar-refractivity contribution is 0.0636. The van der Waals surface area contributed by atoms with E-state index in [0.29, 0.717) is 0 Å². The number of carbonyl (C=O) groups is 1. The molecule has 0 saturated heterocycles. The van der Waals surface area contributed by atoms with Gasteiger partial charge < -0.3 is 4.74 Å². The van der Waals surface area contributed by atoms with Gasteiger partial charge in [0.15, 0.2) is 0 Å². The molecule has 0 aliphatic carbocycles. The molecule has 1 aromatic rings. The molecule has 5 heteroatoms. The van der Waals surface area contributed by atoms with Crippen LogP contribution in [0.25, 0.3) is 5.70 Å². The molecule has 0 saturated carbocycles. The lowest BCUT2D eigenvalue weighted by Crippen LogP contribution is -2.31. The molecule has 1 radical (unpaired) electrons. The highest BCUT2D eigenvalue weighted by molar-refractivity contribution is 5.86. The van der Waals surface area contributed by atoms with Gasteiger partial charge in [-0.25, -0.2) is 4.79 Å². The van der Waals surface area contributed by atoms with E-state index in [0.717, 1.165) is 33.9 Å². The van der Waals surface area contributed by atoms with Crippen LogP contribution in [0.2, 0.25) is 0 Å². The highest BCUT2D eigenvalue weighted by atomic mass is 16.6. The Morgan fingerprint density at radius 2 is 2.05 bits per heavy atom. The Morgan fingerprint density at radius 1 is 1.35 bits per heavy atom. The van der Waals surface area contributed by atoms with Crippen LogP contribution in [-0.2, 0) is 11.2 Å². The molecule has 1 amide bonds. The van der Waals surface area contributed by atoms with E-state index in [1.54, 1.807) is 0 Å². The molecule has 0 fully saturated rings. The number of nitrogens with zero attached hydrogens (tertiary/aromatic N) is 2. The number of rotatable bonds is 2. The fourth-order valence-corrected chi connectivity index (χ4v) is 2.20. The lowest BCUT2D eigenvalue weighted by Gasteiger charge is -2.20. The average molecular weight is 274 g/mol. The third-order valence-corrected chi connectivity index (χ3v) is 2.95. The molecule has 0 aromatic heterocycles. The third kappa shape index (κ3) is 2.92. The van der Waals surface area contributed by atoms with Gasteiger partial charge in [0.05, 0.1) is 11.1 Å².